The molecule has 0 spiro atoms. The van der Waals surface area contributed by atoms with E-state index < -0.39 is 5.97 Å². The van der Waals surface area contributed by atoms with E-state index in [0.29, 0.717) is 36.8 Å². The van der Waals surface area contributed by atoms with Gasteiger partial charge in [0, 0.05) is 24.8 Å². The molecule has 7 heteroatoms. The van der Waals surface area contributed by atoms with Crippen LogP contribution in [0.15, 0.2) is 35.5 Å². The summed E-state index contributed by atoms with van der Waals surface area (Å²) in [6, 6.07) is 6.16. The first-order chi connectivity index (χ1) is 13.0. The number of carbonyl (C=O) groups excluding carboxylic acids is 2. The average Bonchev–Trinajstić information content (AvgIpc) is 3.47. The maximum absolute atomic E-state index is 13.2. The number of halogens is 1. The molecule has 0 aromatic heterocycles. The Morgan fingerprint density at radius 3 is 2.52 bits per heavy atom. The Morgan fingerprint density at radius 2 is 1.93 bits per heavy atom. The van der Waals surface area contributed by atoms with E-state index in [1.54, 1.807) is 19.1 Å². The minimum Gasteiger partial charge on any atom is -0.463 e. The van der Waals surface area contributed by atoms with Crippen molar-refractivity contribution in [3.8, 4) is 0 Å². The Kier molecular flexibility index (Phi) is 6.11. The fourth-order valence-electron chi connectivity index (χ4n) is 3.37. The second-order valence-electron chi connectivity index (χ2n) is 6.93. The first-order valence-electron chi connectivity index (χ1n) is 9.48. The lowest BCUT2D eigenvalue weighted by atomic mass is 9.99. The van der Waals surface area contributed by atoms with Crippen molar-refractivity contribution in [3.63, 3.8) is 0 Å². The van der Waals surface area contributed by atoms with E-state index in [0.717, 1.165) is 18.4 Å². The van der Waals surface area contributed by atoms with Crippen molar-refractivity contribution in [2.45, 2.75) is 51.7 Å². The Labute approximate surface area is 158 Å². The van der Waals surface area contributed by atoms with Gasteiger partial charge in [0.05, 0.1) is 18.2 Å². The molecule has 2 N–H and O–H groups in total. The molecule has 1 aromatic rings. The van der Waals surface area contributed by atoms with Crippen molar-refractivity contribution in [1.29, 1.82) is 0 Å². The molecule has 1 saturated carbocycles. The summed E-state index contributed by atoms with van der Waals surface area (Å²) in [7, 11) is 0. The summed E-state index contributed by atoms with van der Waals surface area (Å²) < 4.78 is 18.4. The lowest BCUT2D eigenvalue weighted by Gasteiger charge is -2.31. The normalized spacial score (nSPS) is 19.7. The molecular weight excluding hydrogens is 349 g/mol. The first kappa shape index (κ1) is 19.4. The van der Waals surface area contributed by atoms with E-state index in [4.69, 9.17) is 4.74 Å². The molecule has 1 aliphatic heterocycles. The zero-order chi connectivity index (χ0) is 19.4. The third-order valence-corrected chi connectivity index (χ3v) is 4.87. The summed E-state index contributed by atoms with van der Waals surface area (Å²) in [4.78, 5) is 26.8. The highest BCUT2D eigenvalue weighted by atomic mass is 19.1. The monoisotopic (exact) mass is 375 g/mol. The van der Waals surface area contributed by atoms with Crippen molar-refractivity contribution >= 4 is 12.0 Å². The summed E-state index contributed by atoms with van der Waals surface area (Å²) in [5.41, 5.74) is 2.08. The summed E-state index contributed by atoms with van der Waals surface area (Å²) in [5, 5.41) is 5.60. The highest BCUT2D eigenvalue weighted by Crippen LogP contribution is 2.30. The number of urea groups is 1. The quantitative estimate of drug-likeness (QED) is 0.686. The largest absolute Gasteiger partial charge is 0.463 e. The molecule has 3 rings (SSSR count). The van der Waals surface area contributed by atoms with Crippen LogP contribution in [0.2, 0.25) is 0 Å². The summed E-state index contributed by atoms with van der Waals surface area (Å²) in [6.45, 7) is 5.04. The van der Waals surface area contributed by atoms with E-state index in [1.165, 1.54) is 12.1 Å². The number of amides is 2. The number of esters is 1. The first-order valence-corrected chi connectivity index (χ1v) is 9.48. The lowest BCUT2D eigenvalue weighted by molar-refractivity contribution is -0.139. The van der Waals surface area contributed by atoms with E-state index in [-0.39, 0.29) is 24.5 Å². The van der Waals surface area contributed by atoms with Crippen LogP contribution in [0, 0.1) is 5.82 Å². The summed E-state index contributed by atoms with van der Waals surface area (Å²) >= 11 is 0. The lowest BCUT2D eigenvalue weighted by Crippen LogP contribution is -2.52. The van der Waals surface area contributed by atoms with Crippen LogP contribution in [-0.4, -0.2) is 42.1 Å². The van der Waals surface area contributed by atoms with Gasteiger partial charge in [-0.05, 0) is 43.9 Å². The van der Waals surface area contributed by atoms with E-state index in [9.17, 15) is 14.0 Å². The van der Waals surface area contributed by atoms with Crippen molar-refractivity contribution in [2.75, 3.05) is 13.2 Å². The van der Waals surface area contributed by atoms with Crippen LogP contribution < -0.4 is 10.6 Å². The molecule has 146 valence electrons. The van der Waals surface area contributed by atoms with Crippen LogP contribution in [0.4, 0.5) is 9.18 Å². The van der Waals surface area contributed by atoms with Gasteiger partial charge >= 0.3 is 12.0 Å². The molecule has 0 unspecified atom stereocenters. The van der Waals surface area contributed by atoms with Gasteiger partial charge in [0.2, 0.25) is 0 Å². The number of ether oxygens (including phenoxy) is 1. The molecular formula is C20H26FN3O3. The van der Waals surface area contributed by atoms with Gasteiger partial charge in [-0.2, -0.15) is 0 Å². The van der Waals surface area contributed by atoms with Crippen molar-refractivity contribution < 1.29 is 18.7 Å². The number of benzene rings is 1. The number of hydrogen-bond donors (Lipinski definition) is 2. The van der Waals surface area contributed by atoms with Crippen LogP contribution in [0.1, 0.15) is 38.7 Å². The molecule has 0 bridgehead atoms. The standard InChI is InChI=1S/C20H26FN3O3/c1-3-16-18(19(25)27-4-2)17(23-20(26)22-16)12-24(15-9-10-15)11-13-5-7-14(21)8-6-13/h5-8,15-16H,3-4,9-12H2,1-2H3,(H2,22,23,26)/t16-/m0/s1. The maximum atomic E-state index is 13.2. The van der Waals surface area contributed by atoms with Gasteiger partial charge in [0.1, 0.15) is 5.82 Å². The van der Waals surface area contributed by atoms with Crippen LogP contribution in [0.3, 0.4) is 0 Å². The summed E-state index contributed by atoms with van der Waals surface area (Å²) in [5.74, 6) is -0.662. The van der Waals surface area contributed by atoms with Gasteiger partial charge in [-0.1, -0.05) is 19.1 Å². The minimum absolute atomic E-state index is 0.263. The van der Waals surface area contributed by atoms with Gasteiger partial charge in [-0.15, -0.1) is 0 Å². The number of carbonyl (C=O) groups is 2. The topological polar surface area (TPSA) is 70.7 Å². The average molecular weight is 375 g/mol. The van der Waals surface area contributed by atoms with Gasteiger partial charge < -0.3 is 15.4 Å². The summed E-state index contributed by atoms with van der Waals surface area (Å²) in [6.07, 6.45) is 2.76. The Bertz CT molecular complexity index is 728. The molecule has 2 amide bonds. The molecule has 0 saturated heterocycles. The fourth-order valence-corrected chi connectivity index (χ4v) is 3.37. The Hall–Kier alpha value is -2.41. The van der Waals surface area contributed by atoms with E-state index >= 15 is 0 Å². The molecule has 0 radical (unpaired) electrons. The molecule has 6 nitrogen and oxygen atoms in total. The highest BCUT2D eigenvalue weighted by molar-refractivity contribution is 5.94. The van der Waals surface area contributed by atoms with Gasteiger partial charge in [0.15, 0.2) is 0 Å². The SMILES string of the molecule is CCOC(=O)C1=C(CN(Cc2ccc(F)cc2)C2CC2)NC(=O)N[C@H]1CC. The number of hydrogen-bond acceptors (Lipinski definition) is 4. The zero-order valence-electron chi connectivity index (χ0n) is 15.8. The predicted octanol–water partition coefficient (Wildman–Crippen LogP) is 2.70. The van der Waals surface area contributed by atoms with Crippen LogP contribution in [0.5, 0.6) is 0 Å². The molecule has 1 aromatic carbocycles. The predicted molar refractivity (Wildman–Crippen MR) is 99.2 cm³/mol. The molecule has 27 heavy (non-hydrogen) atoms. The second kappa shape index (κ2) is 8.52. The van der Waals surface area contributed by atoms with Crippen LogP contribution >= 0.6 is 0 Å². The minimum atomic E-state index is -0.399. The van der Waals surface area contributed by atoms with Gasteiger partial charge in [-0.3, -0.25) is 4.90 Å². The maximum Gasteiger partial charge on any atom is 0.337 e. The smallest absolute Gasteiger partial charge is 0.337 e. The zero-order valence-corrected chi connectivity index (χ0v) is 15.8. The fraction of sp³-hybridized carbons (Fsp3) is 0.500. The number of nitrogens with one attached hydrogen (secondary N) is 2. The second-order valence-corrected chi connectivity index (χ2v) is 6.93. The van der Waals surface area contributed by atoms with Crippen molar-refractivity contribution in [1.82, 2.24) is 15.5 Å². The van der Waals surface area contributed by atoms with Crippen LogP contribution in [-0.2, 0) is 16.1 Å². The third-order valence-electron chi connectivity index (χ3n) is 4.87. The van der Waals surface area contributed by atoms with Crippen molar-refractivity contribution in [3.05, 3.63) is 46.9 Å². The van der Waals surface area contributed by atoms with Crippen molar-refractivity contribution in [2.24, 2.45) is 0 Å². The van der Waals surface area contributed by atoms with E-state index in [1.807, 2.05) is 6.92 Å². The Morgan fingerprint density at radius 1 is 1.22 bits per heavy atom. The highest BCUT2D eigenvalue weighted by Gasteiger charge is 2.35. The number of nitrogens with zero attached hydrogens (tertiary/aromatic N) is 1. The van der Waals surface area contributed by atoms with E-state index in [2.05, 4.69) is 15.5 Å². The van der Waals surface area contributed by atoms with Gasteiger partial charge in [0.25, 0.3) is 0 Å². The molecule has 1 heterocycles. The van der Waals surface area contributed by atoms with Crippen LogP contribution in [0.25, 0.3) is 0 Å². The Balaban J connectivity index is 1.85. The molecule has 1 atom stereocenters. The molecule has 2 aliphatic rings. The molecule has 1 fully saturated rings. The molecule has 1 aliphatic carbocycles. The van der Waals surface area contributed by atoms with Gasteiger partial charge in [-0.25, -0.2) is 14.0 Å². The third kappa shape index (κ3) is 4.86. The number of rotatable bonds is 8.